The van der Waals surface area contributed by atoms with Crippen molar-refractivity contribution in [1.29, 1.82) is 0 Å². The van der Waals surface area contributed by atoms with Gasteiger partial charge in [-0.3, -0.25) is 19.4 Å². The fraction of sp³-hybridized carbons (Fsp3) is 0.641. The number of ether oxygens (including phenoxy) is 2. The van der Waals surface area contributed by atoms with Gasteiger partial charge in [-0.2, -0.15) is 0 Å². The fourth-order valence-electron chi connectivity index (χ4n) is 8.65. The minimum atomic E-state index is -0.500. The largest absolute Gasteiger partial charge is 0.462 e. The van der Waals surface area contributed by atoms with Gasteiger partial charge in [0.25, 0.3) is 0 Å². The van der Waals surface area contributed by atoms with Crippen LogP contribution in [0.1, 0.15) is 112 Å². The normalized spacial score (nSPS) is 23.2. The van der Waals surface area contributed by atoms with Crippen molar-refractivity contribution in [3.05, 3.63) is 71.8 Å². The Morgan fingerprint density at radius 3 is 1.18 bits per heavy atom. The molecule has 2 aliphatic heterocycles. The van der Waals surface area contributed by atoms with E-state index in [0.717, 1.165) is 38.8 Å². The molecule has 248 valence electrons. The Bertz CT molecular complexity index is 1150. The smallest absolute Gasteiger partial charge is 0.317 e. The van der Waals surface area contributed by atoms with Gasteiger partial charge < -0.3 is 9.47 Å². The number of hydrogen-bond acceptors (Lipinski definition) is 6. The summed E-state index contributed by atoms with van der Waals surface area (Å²) in [4.78, 5) is 31.1. The van der Waals surface area contributed by atoms with Gasteiger partial charge in [-0.15, -0.1) is 0 Å². The highest BCUT2D eigenvalue weighted by Gasteiger charge is 2.48. The molecule has 0 saturated carbocycles. The van der Waals surface area contributed by atoms with E-state index in [-0.39, 0.29) is 52.6 Å². The van der Waals surface area contributed by atoms with Crippen LogP contribution >= 0.6 is 0 Å². The SMILES string of the molecule is CC(OC(=O)CC(=O)OC(C)C1CC(C)(C)N(Cc2ccccc2)C(C)(C)C1)C1CC(C)(C)N(Cc2ccccc2)C(C)(C)C1. The Balaban J connectivity index is 1.29. The lowest BCUT2D eigenvalue weighted by Gasteiger charge is -2.56. The zero-order chi connectivity index (χ0) is 33.2. The lowest BCUT2D eigenvalue weighted by atomic mass is 9.71. The van der Waals surface area contributed by atoms with E-state index in [2.05, 4.69) is 126 Å². The number of carbonyl (C=O) groups excluding carboxylic acids is 2. The van der Waals surface area contributed by atoms with Crippen LogP contribution in [0.5, 0.6) is 0 Å². The van der Waals surface area contributed by atoms with Crippen molar-refractivity contribution in [1.82, 2.24) is 9.80 Å². The minimum Gasteiger partial charge on any atom is -0.462 e. The molecule has 4 rings (SSSR count). The predicted molar refractivity (Wildman–Crippen MR) is 181 cm³/mol. The number of rotatable bonds is 10. The number of esters is 2. The van der Waals surface area contributed by atoms with Crippen LogP contribution in [0.4, 0.5) is 0 Å². The van der Waals surface area contributed by atoms with Gasteiger partial charge in [-0.25, -0.2) is 0 Å². The van der Waals surface area contributed by atoms with E-state index >= 15 is 0 Å². The van der Waals surface area contributed by atoms with Crippen LogP contribution in [0.15, 0.2) is 60.7 Å². The molecule has 0 aliphatic carbocycles. The maximum atomic E-state index is 13.0. The van der Waals surface area contributed by atoms with Crippen molar-refractivity contribution < 1.29 is 19.1 Å². The van der Waals surface area contributed by atoms with E-state index in [4.69, 9.17) is 9.47 Å². The molecule has 0 bridgehead atoms. The Labute approximate surface area is 272 Å². The monoisotopic (exact) mass is 618 g/mol. The molecule has 2 aliphatic rings. The first-order chi connectivity index (χ1) is 20.9. The summed E-state index contributed by atoms with van der Waals surface area (Å²) < 4.78 is 11.8. The summed E-state index contributed by atoms with van der Waals surface area (Å²) in [5, 5.41) is 0. The molecule has 2 aromatic carbocycles. The first-order valence-electron chi connectivity index (χ1n) is 16.9. The first-order valence-corrected chi connectivity index (χ1v) is 16.9. The third-order valence-electron chi connectivity index (χ3n) is 10.6. The maximum Gasteiger partial charge on any atom is 0.317 e. The zero-order valence-corrected chi connectivity index (χ0v) is 29.6. The predicted octanol–water partition coefficient (Wildman–Crippen LogP) is 8.18. The van der Waals surface area contributed by atoms with Gasteiger partial charge in [0.15, 0.2) is 0 Å². The maximum absolute atomic E-state index is 13.0. The molecular weight excluding hydrogens is 560 g/mol. The molecule has 0 radical (unpaired) electrons. The quantitative estimate of drug-likeness (QED) is 0.198. The first kappa shape index (κ1) is 35.2. The highest BCUT2D eigenvalue weighted by molar-refractivity contribution is 5.91. The summed E-state index contributed by atoms with van der Waals surface area (Å²) in [5.41, 5.74) is 2.30. The average Bonchev–Trinajstić information content (AvgIpc) is 2.93. The van der Waals surface area contributed by atoms with Gasteiger partial charge >= 0.3 is 11.9 Å². The number of nitrogens with zero attached hydrogens (tertiary/aromatic N) is 2. The molecule has 0 N–H and O–H groups in total. The molecule has 0 spiro atoms. The number of piperidine rings is 2. The Morgan fingerprint density at radius 1 is 0.600 bits per heavy atom. The molecule has 6 heteroatoms. The van der Waals surface area contributed by atoms with E-state index in [0.29, 0.717) is 0 Å². The second-order valence-corrected chi connectivity index (χ2v) is 16.3. The topological polar surface area (TPSA) is 59.1 Å². The Kier molecular flexibility index (Phi) is 10.6. The van der Waals surface area contributed by atoms with Crippen molar-refractivity contribution >= 4 is 11.9 Å². The van der Waals surface area contributed by atoms with Gasteiger partial charge in [-0.1, -0.05) is 60.7 Å². The highest BCUT2D eigenvalue weighted by atomic mass is 16.6. The van der Waals surface area contributed by atoms with E-state index < -0.39 is 11.9 Å². The van der Waals surface area contributed by atoms with Crippen LogP contribution in [-0.4, -0.2) is 56.1 Å². The number of likely N-dealkylation sites (tertiary alicyclic amines) is 2. The summed E-state index contributed by atoms with van der Waals surface area (Å²) in [5.74, 6) is -0.598. The number of hydrogen-bond donors (Lipinski definition) is 0. The summed E-state index contributed by atoms with van der Waals surface area (Å²) in [6.07, 6.45) is 2.73. The number of benzene rings is 2. The second kappa shape index (κ2) is 13.6. The van der Waals surface area contributed by atoms with E-state index in [9.17, 15) is 9.59 Å². The van der Waals surface area contributed by atoms with Crippen LogP contribution in [0.2, 0.25) is 0 Å². The molecular formula is C39H58N2O4. The standard InChI is InChI=1S/C39H58N2O4/c1-28(32-22-36(3,4)40(37(5,6)23-32)26-30-17-13-11-14-18-30)44-34(42)21-35(43)45-29(2)33-24-38(7,8)41(39(9,10)25-33)27-31-19-15-12-16-20-31/h11-20,28-29,32-33H,21-27H2,1-10H3. The van der Waals surface area contributed by atoms with Gasteiger partial charge in [0.2, 0.25) is 0 Å². The van der Waals surface area contributed by atoms with Gasteiger partial charge in [0, 0.05) is 35.2 Å². The van der Waals surface area contributed by atoms with Crippen LogP contribution in [-0.2, 0) is 32.2 Å². The molecule has 2 aromatic rings. The van der Waals surface area contributed by atoms with E-state index in [1.54, 1.807) is 0 Å². The van der Waals surface area contributed by atoms with E-state index in [1.165, 1.54) is 11.1 Å². The van der Waals surface area contributed by atoms with Crippen molar-refractivity contribution in [2.75, 3.05) is 0 Å². The molecule has 2 fully saturated rings. The van der Waals surface area contributed by atoms with E-state index in [1.807, 2.05) is 13.8 Å². The second-order valence-electron chi connectivity index (χ2n) is 16.3. The molecule has 45 heavy (non-hydrogen) atoms. The molecule has 0 aromatic heterocycles. The van der Waals surface area contributed by atoms with Gasteiger partial charge in [-0.05, 0) is 118 Å². The Morgan fingerprint density at radius 2 is 0.889 bits per heavy atom. The fourth-order valence-corrected chi connectivity index (χ4v) is 8.65. The van der Waals surface area contributed by atoms with Gasteiger partial charge in [0.05, 0.1) is 0 Å². The molecule has 2 atom stereocenters. The molecule has 6 nitrogen and oxygen atoms in total. The number of carbonyl (C=O) groups is 2. The average molecular weight is 619 g/mol. The summed E-state index contributed by atoms with van der Waals surface area (Å²) >= 11 is 0. The summed E-state index contributed by atoms with van der Waals surface area (Å²) in [6, 6.07) is 21.2. The zero-order valence-electron chi connectivity index (χ0n) is 29.6. The van der Waals surface area contributed by atoms with Crippen molar-refractivity contribution in [3.8, 4) is 0 Å². The summed E-state index contributed by atoms with van der Waals surface area (Å²) in [6.45, 7) is 24.0. The minimum absolute atomic E-state index is 0.0739. The van der Waals surface area contributed by atoms with Crippen molar-refractivity contribution in [2.45, 2.75) is 149 Å². The summed E-state index contributed by atoms with van der Waals surface area (Å²) in [7, 11) is 0. The highest BCUT2D eigenvalue weighted by Crippen LogP contribution is 2.45. The van der Waals surface area contributed by atoms with Crippen LogP contribution < -0.4 is 0 Å². The Hall–Kier alpha value is -2.70. The third kappa shape index (κ3) is 8.77. The van der Waals surface area contributed by atoms with Crippen LogP contribution in [0.25, 0.3) is 0 Å². The lowest BCUT2D eigenvalue weighted by Crippen LogP contribution is -2.61. The third-order valence-corrected chi connectivity index (χ3v) is 10.6. The molecule has 0 amide bonds. The van der Waals surface area contributed by atoms with Crippen LogP contribution in [0.3, 0.4) is 0 Å². The lowest BCUT2D eigenvalue weighted by molar-refractivity contribution is -0.167. The molecule has 2 heterocycles. The van der Waals surface area contributed by atoms with Gasteiger partial charge in [0.1, 0.15) is 18.6 Å². The van der Waals surface area contributed by atoms with Crippen molar-refractivity contribution in [3.63, 3.8) is 0 Å². The van der Waals surface area contributed by atoms with Crippen molar-refractivity contribution in [2.24, 2.45) is 11.8 Å². The molecule has 2 saturated heterocycles. The molecule has 2 unspecified atom stereocenters. The van der Waals surface area contributed by atoms with Crippen LogP contribution in [0, 0.1) is 11.8 Å².